The highest BCUT2D eigenvalue weighted by molar-refractivity contribution is 6.30. The summed E-state index contributed by atoms with van der Waals surface area (Å²) in [5.74, 6) is -0.177. The Bertz CT molecular complexity index is 522. The lowest BCUT2D eigenvalue weighted by molar-refractivity contribution is -0.120. The molecular formula is C13H14ClN3O. The highest BCUT2D eigenvalue weighted by Gasteiger charge is 2.08. The molecule has 2 rings (SSSR count). The average molecular weight is 264 g/mol. The lowest BCUT2D eigenvalue weighted by atomic mass is 10.3. The number of nitrogens with zero attached hydrogens (tertiary/aromatic N) is 2. The topological polar surface area (TPSA) is 46.9 Å². The zero-order valence-corrected chi connectivity index (χ0v) is 10.8. The summed E-state index contributed by atoms with van der Waals surface area (Å²) < 4.78 is 1.77. The number of hydrogen-bond acceptors (Lipinski definition) is 2. The Morgan fingerprint density at radius 1 is 1.44 bits per heavy atom. The molecule has 18 heavy (non-hydrogen) atoms. The Hall–Kier alpha value is -1.81. The van der Waals surface area contributed by atoms with Crippen LogP contribution in [0.25, 0.3) is 5.69 Å². The lowest BCUT2D eigenvalue weighted by Gasteiger charge is -2.04. The molecule has 1 aromatic heterocycles. The number of para-hydroxylation sites is 1. The van der Waals surface area contributed by atoms with Crippen LogP contribution in [0, 0.1) is 0 Å². The van der Waals surface area contributed by atoms with Crippen LogP contribution in [0.4, 0.5) is 0 Å². The fourth-order valence-corrected chi connectivity index (χ4v) is 1.58. The van der Waals surface area contributed by atoms with Gasteiger partial charge in [-0.15, -0.1) is 11.6 Å². The molecule has 0 saturated carbocycles. The molecule has 4 nitrogen and oxygen atoms in total. The Balaban J connectivity index is 2.01. The predicted octanol–water partition coefficient (Wildman–Crippen LogP) is 2.12. The van der Waals surface area contributed by atoms with Crippen molar-refractivity contribution in [2.75, 3.05) is 0 Å². The molecule has 1 heterocycles. The van der Waals surface area contributed by atoms with Crippen molar-refractivity contribution in [3.8, 4) is 5.69 Å². The van der Waals surface area contributed by atoms with Gasteiger partial charge in [-0.2, -0.15) is 5.10 Å². The van der Waals surface area contributed by atoms with Crippen LogP contribution in [-0.2, 0) is 11.3 Å². The van der Waals surface area contributed by atoms with Gasteiger partial charge in [0.2, 0.25) is 5.91 Å². The van der Waals surface area contributed by atoms with Gasteiger partial charge in [-0.25, -0.2) is 4.68 Å². The van der Waals surface area contributed by atoms with Crippen molar-refractivity contribution < 1.29 is 4.79 Å². The number of carbonyl (C=O) groups excluding carboxylic acids is 1. The second-order valence-electron chi connectivity index (χ2n) is 3.96. The number of carbonyl (C=O) groups is 1. The van der Waals surface area contributed by atoms with Crippen molar-refractivity contribution in [2.45, 2.75) is 18.8 Å². The summed E-state index contributed by atoms with van der Waals surface area (Å²) in [6.07, 6.45) is 3.61. The number of halogens is 1. The molecule has 0 spiro atoms. The third-order valence-corrected chi connectivity index (χ3v) is 2.68. The van der Waals surface area contributed by atoms with Crippen LogP contribution >= 0.6 is 11.6 Å². The number of benzene rings is 1. The van der Waals surface area contributed by atoms with Crippen molar-refractivity contribution in [2.24, 2.45) is 0 Å². The predicted molar refractivity (Wildman–Crippen MR) is 70.7 cm³/mol. The number of hydrogen-bond donors (Lipinski definition) is 1. The SMILES string of the molecule is CC(Cl)C(=O)NCc1cnn(-c2ccccc2)c1. The number of rotatable bonds is 4. The van der Waals surface area contributed by atoms with Crippen molar-refractivity contribution >= 4 is 17.5 Å². The second-order valence-corrected chi connectivity index (χ2v) is 4.62. The molecule has 1 unspecified atom stereocenters. The first-order valence-electron chi connectivity index (χ1n) is 5.67. The second kappa shape index (κ2) is 5.69. The number of aromatic nitrogens is 2. The van der Waals surface area contributed by atoms with Crippen molar-refractivity contribution in [3.63, 3.8) is 0 Å². The van der Waals surface area contributed by atoms with Gasteiger partial charge < -0.3 is 5.32 Å². The molecule has 1 amide bonds. The van der Waals surface area contributed by atoms with E-state index in [9.17, 15) is 4.79 Å². The number of nitrogens with one attached hydrogen (secondary N) is 1. The maximum Gasteiger partial charge on any atom is 0.238 e. The summed E-state index contributed by atoms with van der Waals surface area (Å²) >= 11 is 5.66. The first-order valence-corrected chi connectivity index (χ1v) is 6.11. The first kappa shape index (κ1) is 12.6. The van der Waals surface area contributed by atoms with Gasteiger partial charge in [-0.3, -0.25) is 4.79 Å². The first-order chi connectivity index (χ1) is 8.66. The maximum absolute atomic E-state index is 11.3. The maximum atomic E-state index is 11.3. The fraction of sp³-hybridized carbons (Fsp3) is 0.231. The largest absolute Gasteiger partial charge is 0.351 e. The Morgan fingerprint density at radius 2 is 2.17 bits per heavy atom. The van der Waals surface area contributed by atoms with Crippen LogP contribution in [0.3, 0.4) is 0 Å². The summed E-state index contributed by atoms with van der Waals surface area (Å²) in [5, 5.41) is 6.46. The van der Waals surface area contributed by atoms with Crippen molar-refractivity contribution in [1.29, 1.82) is 0 Å². The molecule has 0 radical (unpaired) electrons. The normalized spacial score (nSPS) is 12.1. The standard InChI is InChI=1S/C13H14ClN3O/c1-10(14)13(18)15-7-11-8-16-17(9-11)12-5-3-2-4-6-12/h2-6,8-10H,7H2,1H3,(H,15,18). The minimum Gasteiger partial charge on any atom is -0.351 e. The Labute approximate surface area is 111 Å². The van der Waals surface area contributed by atoms with Gasteiger partial charge in [0, 0.05) is 18.3 Å². The highest BCUT2D eigenvalue weighted by atomic mass is 35.5. The third-order valence-electron chi connectivity index (χ3n) is 2.48. The van der Waals surface area contributed by atoms with E-state index in [-0.39, 0.29) is 5.91 Å². The minimum absolute atomic E-state index is 0.177. The van der Waals surface area contributed by atoms with Gasteiger partial charge >= 0.3 is 0 Å². The molecule has 0 aliphatic heterocycles. The lowest BCUT2D eigenvalue weighted by Crippen LogP contribution is -2.28. The smallest absolute Gasteiger partial charge is 0.238 e. The Kier molecular flexibility index (Phi) is 3.99. The summed E-state index contributed by atoms with van der Waals surface area (Å²) in [5.41, 5.74) is 1.92. The highest BCUT2D eigenvalue weighted by Crippen LogP contribution is 2.07. The number of alkyl halides is 1. The van der Waals surface area contributed by atoms with Crippen LogP contribution < -0.4 is 5.32 Å². The van der Waals surface area contributed by atoms with E-state index >= 15 is 0 Å². The molecule has 2 aromatic rings. The molecule has 1 atom stereocenters. The summed E-state index contributed by atoms with van der Waals surface area (Å²) in [6.45, 7) is 2.08. The van der Waals surface area contributed by atoms with Crippen molar-refractivity contribution in [3.05, 3.63) is 48.3 Å². The van der Waals surface area contributed by atoms with Gasteiger partial charge in [0.05, 0.1) is 11.9 Å². The molecule has 0 saturated heterocycles. The van der Waals surface area contributed by atoms with Gasteiger partial charge in [0.25, 0.3) is 0 Å². The summed E-state index contributed by atoms with van der Waals surface area (Å²) in [4.78, 5) is 11.3. The zero-order chi connectivity index (χ0) is 13.0. The van der Waals surface area contributed by atoms with Gasteiger partial charge in [0.1, 0.15) is 5.38 Å². The molecule has 5 heteroatoms. The quantitative estimate of drug-likeness (QED) is 0.859. The summed E-state index contributed by atoms with van der Waals surface area (Å²) in [6, 6.07) is 9.80. The van der Waals surface area contributed by atoms with Crippen molar-refractivity contribution in [1.82, 2.24) is 15.1 Å². The van der Waals surface area contributed by atoms with E-state index in [0.717, 1.165) is 11.3 Å². The van der Waals surface area contributed by atoms with Crippen LogP contribution in [0.1, 0.15) is 12.5 Å². The van der Waals surface area contributed by atoms with Crippen LogP contribution in [0.5, 0.6) is 0 Å². The van der Waals surface area contributed by atoms with E-state index in [4.69, 9.17) is 11.6 Å². The zero-order valence-electron chi connectivity index (χ0n) is 10.0. The molecule has 94 valence electrons. The molecular weight excluding hydrogens is 250 g/mol. The average Bonchev–Trinajstić information content (AvgIpc) is 2.85. The molecule has 1 N–H and O–H groups in total. The van der Waals surface area contributed by atoms with E-state index in [1.54, 1.807) is 17.8 Å². The van der Waals surface area contributed by atoms with Gasteiger partial charge in [0.15, 0.2) is 0 Å². The van der Waals surface area contributed by atoms with E-state index in [1.807, 2.05) is 36.5 Å². The molecule has 0 aliphatic rings. The molecule has 0 aliphatic carbocycles. The van der Waals surface area contributed by atoms with E-state index < -0.39 is 5.38 Å². The van der Waals surface area contributed by atoms with E-state index in [1.165, 1.54) is 0 Å². The molecule has 0 bridgehead atoms. The monoisotopic (exact) mass is 263 g/mol. The van der Waals surface area contributed by atoms with Crippen LogP contribution in [0.2, 0.25) is 0 Å². The summed E-state index contributed by atoms with van der Waals surface area (Å²) in [7, 11) is 0. The van der Waals surface area contributed by atoms with Gasteiger partial charge in [-0.05, 0) is 19.1 Å². The fourth-order valence-electron chi connectivity index (χ4n) is 1.50. The Morgan fingerprint density at radius 3 is 2.83 bits per heavy atom. The van der Waals surface area contributed by atoms with Crippen LogP contribution in [0.15, 0.2) is 42.7 Å². The van der Waals surface area contributed by atoms with Gasteiger partial charge in [-0.1, -0.05) is 18.2 Å². The molecule has 1 aromatic carbocycles. The minimum atomic E-state index is -0.519. The van der Waals surface area contributed by atoms with E-state index in [0.29, 0.717) is 6.54 Å². The number of amides is 1. The third kappa shape index (κ3) is 3.11. The molecule has 0 fully saturated rings. The van der Waals surface area contributed by atoms with E-state index in [2.05, 4.69) is 10.4 Å². The van der Waals surface area contributed by atoms with Crippen LogP contribution in [-0.4, -0.2) is 21.1 Å².